The topological polar surface area (TPSA) is 59.0 Å². The molecular weight excluding hydrogens is 380 g/mol. The Hall–Kier alpha value is -1.37. The zero-order valence-electron chi connectivity index (χ0n) is 12.7. The second-order valence-electron chi connectivity index (χ2n) is 5.49. The van der Waals surface area contributed by atoms with Gasteiger partial charge in [-0.1, -0.05) is 28.1 Å². The second kappa shape index (κ2) is 8.47. The van der Waals surface area contributed by atoms with Crippen LogP contribution in [0, 0.1) is 0 Å². The fourth-order valence-corrected chi connectivity index (χ4v) is 3.09. The summed E-state index contributed by atoms with van der Waals surface area (Å²) in [5.74, 6) is -0.137. The highest BCUT2D eigenvalue weighted by molar-refractivity contribution is 9.10. The number of benzene rings is 1. The summed E-state index contributed by atoms with van der Waals surface area (Å²) in [4.78, 5) is 12.2. The number of hydrogen-bond donors (Lipinski definition) is 2. The normalized spacial score (nSPS) is 17.3. The van der Waals surface area contributed by atoms with Crippen molar-refractivity contribution < 1.29 is 4.79 Å². The first-order valence-electron chi connectivity index (χ1n) is 7.51. The summed E-state index contributed by atoms with van der Waals surface area (Å²) in [5.41, 5.74) is 1.53. The van der Waals surface area contributed by atoms with E-state index in [0.717, 1.165) is 36.0 Å². The van der Waals surface area contributed by atoms with Gasteiger partial charge in [0.05, 0.1) is 6.04 Å². The van der Waals surface area contributed by atoms with E-state index in [0.29, 0.717) is 18.3 Å². The van der Waals surface area contributed by atoms with E-state index in [2.05, 4.69) is 31.7 Å². The third kappa shape index (κ3) is 4.80. The van der Waals surface area contributed by atoms with E-state index in [1.165, 1.54) is 0 Å². The summed E-state index contributed by atoms with van der Waals surface area (Å²) >= 11 is 3.43. The van der Waals surface area contributed by atoms with Crippen molar-refractivity contribution >= 4 is 34.2 Å². The average molecular weight is 400 g/mol. The Balaban J connectivity index is 0.00000192. The van der Waals surface area contributed by atoms with Gasteiger partial charge in [-0.3, -0.25) is 9.48 Å². The van der Waals surface area contributed by atoms with Crippen LogP contribution in [-0.2, 0) is 6.54 Å². The Bertz CT molecular complexity index is 655. The van der Waals surface area contributed by atoms with E-state index in [-0.39, 0.29) is 18.3 Å². The predicted octanol–water partition coefficient (Wildman–Crippen LogP) is 2.92. The molecule has 23 heavy (non-hydrogen) atoms. The Kier molecular flexibility index (Phi) is 6.62. The molecule has 0 aliphatic carbocycles. The number of amides is 1. The number of carbonyl (C=O) groups excluding carboxylic acids is 1. The minimum atomic E-state index is -0.137. The van der Waals surface area contributed by atoms with E-state index < -0.39 is 0 Å². The second-order valence-corrected chi connectivity index (χ2v) is 6.41. The van der Waals surface area contributed by atoms with Crippen LogP contribution < -0.4 is 10.6 Å². The third-order valence-electron chi connectivity index (χ3n) is 3.83. The molecule has 0 spiro atoms. The van der Waals surface area contributed by atoms with Crippen molar-refractivity contribution in [3.8, 4) is 0 Å². The zero-order valence-corrected chi connectivity index (χ0v) is 15.1. The number of nitrogens with one attached hydrogen (secondary N) is 2. The number of piperidine rings is 1. The molecule has 1 aliphatic heterocycles. The third-order valence-corrected chi connectivity index (χ3v) is 4.32. The van der Waals surface area contributed by atoms with Crippen LogP contribution in [0.5, 0.6) is 0 Å². The SMILES string of the molecule is Cl.O=C(NCc1cccc(Br)c1)c1ccn(C2CCCNC2)n1. The zero-order chi connectivity index (χ0) is 15.4. The summed E-state index contributed by atoms with van der Waals surface area (Å²) < 4.78 is 2.91. The molecule has 1 saturated heterocycles. The number of halogens is 2. The van der Waals surface area contributed by atoms with Gasteiger partial charge in [0.25, 0.3) is 5.91 Å². The molecule has 0 bridgehead atoms. The van der Waals surface area contributed by atoms with Crippen molar-refractivity contribution in [1.82, 2.24) is 20.4 Å². The Morgan fingerprint density at radius 3 is 3.04 bits per heavy atom. The lowest BCUT2D eigenvalue weighted by Gasteiger charge is -2.22. The van der Waals surface area contributed by atoms with Crippen molar-refractivity contribution in [2.45, 2.75) is 25.4 Å². The number of rotatable bonds is 4. The molecule has 1 aromatic heterocycles. The van der Waals surface area contributed by atoms with Crippen LogP contribution in [-0.4, -0.2) is 28.8 Å². The lowest BCUT2D eigenvalue weighted by atomic mass is 10.1. The first-order valence-corrected chi connectivity index (χ1v) is 8.30. The number of hydrogen-bond acceptors (Lipinski definition) is 3. The van der Waals surface area contributed by atoms with Gasteiger partial charge in [-0.05, 0) is 43.1 Å². The Morgan fingerprint density at radius 2 is 2.30 bits per heavy atom. The first kappa shape index (κ1) is 18.0. The van der Waals surface area contributed by atoms with Crippen molar-refractivity contribution in [3.63, 3.8) is 0 Å². The molecule has 1 fully saturated rings. The summed E-state index contributed by atoms with van der Waals surface area (Å²) in [5, 5.41) is 10.7. The molecule has 1 unspecified atom stereocenters. The molecular formula is C16H20BrClN4O. The summed E-state index contributed by atoms with van der Waals surface area (Å²) in [6, 6.07) is 10.0. The van der Waals surface area contributed by atoms with E-state index >= 15 is 0 Å². The Labute approximate surface area is 150 Å². The lowest BCUT2D eigenvalue weighted by molar-refractivity contribution is 0.0944. The van der Waals surface area contributed by atoms with Crippen LogP contribution in [0.25, 0.3) is 0 Å². The van der Waals surface area contributed by atoms with Crippen molar-refractivity contribution in [2.24, 2.45) is 0 Å². The van der Waals surface area contributed by atoms with Gasteiger partial charge in [0.1, 0.15) is 5.69 Å². The van der Waals surface area contributed by atoms with Crippen LogP contribution in [0.3, 0.4) is 0 Å². The maximum absolute atomic E-state index is 12.2. The van der Waals surface area contributed by atoms with Gasteiger partial charge in [0, 0.05) is 23.8 Å². The minimum absolute atomic E-state index is 0. The number of carbonyl (C=O) groups is 1. The molecule has 1 aliphatic rings. The fraction of sp³-hybridized carbons (Fsp3) is 0.375. The van der Waals surface area contributed by atoms with E-state index in [9.17, 15) is 4.79 Å². The largest absolute Gasteiger partial charge is 0.347 e. The van der Waals surface area contributed by atoms with E-state index in [1.54, 1.807) is 6.07 Å². The molecule has 0 saturated carbocycles. The molecule has 5 nitrogen and oxygen atoms in total. The number of nitrogens with zero attached hydrogens (tertiary/aromatic N) is 2. The smallest absolute Gasteiger partial charge is 0.272 e. The van der Waals surface area contributed by atoms with Gasteiger partial charge in [0.15, 0.2) is 0 Å². The maximum Gasteiger partial charge on any atom is 0.272 e. The summed E-state index contributed by atoms with van der Waals surface area (Å²) in [6.45, 7) is 2.48. The van der Waals surface area contributed by atoms with Gasteiger partial charge < -0.3 is 10.6 Å². The summed E-state index contributed by atoms with van der Waals surface area (Å²) in [6.07, 6.45) is 4.15. The quantitative estimate of drug-likeness (QED) is 0.831. The van der Waals surface area contributed by atoms with E-state index in [4.69, 9.17) is 0 Å². The molecule has 3 rings (SSSR count). The highest BCUT2D eigenvalue weighted by Gasteiger charge is 2.17. The Morgan fingerprint density at radius 1 is 1.43 bits per heavy atom. The first-order chi connectivity index (χ1) is 10.7. The molecule has 124 valence electrons. The lowest BCUT2D eigenvalue weighted by Crippen LogP contribution is -2.32. The minimum Gasteiger partial charge on any atom is -0.347 e. The van der Waals surface area contributed by atoms with Crippen molar-refractivity contribution in [3.05, 3.63) is 52.3 Å². The van der Waals surface area contributed by atoms with E-state index in [1.807, 2.05) is 35.1 Å². The fourth-order valence-electron chi connectivity index (χ4n) is 2.64. The van der Waals surface area contributed by atoms with Crippen molar-refractivity contribution in [2.75, 3.05) is 13.1 Å². The van der Waals surface area contributed by atoms with Gasteiger partial charge in [0.2, 0.25) is 0 Å². The van der Waals surface area contributed by atoms with Gasteiger partial charge >= 0.3 is 0 Å². The van der Waals surface area contributed by atoms with Crippen LogP contribution in [0.15, 0.2) is 41.0 Å². The molecule has 7 heteroatoms. The van der Waals surface area contributed by atoms with Crippen LogP contribution >= 0.6 is 28.3 Å². The molecule has 2 heterocycles. The number of aromatic nitrogens is 2. The molecule has 1 atom stereocenters. The summed E-state index contributed by atoms with van der Waals surface area (Å²) in [7, 11) is 0. The maximum atomic E-state index is 12.2. The molecule has 2 N–H and O–H groups in total. The molecule has 1 aromatic carbocycles. The monoisotopic (exact) mass is 398 g/mol. The van der Waals surface area contributed by atoms with Gasteiger partial charge in [-0.2, -0.15) is 5.10 Å². The predicted molar refractivity (Wildman–Crippen MR) is 95.9 cm³/mol. The highest BCUT2D eigenvalue weighted by Crippen LogP contribution is 2.16. The van der Waals surface area contributed by atoms with Gasteiger partial charge in [-0.15, -0.1) is 12.4 Å². The van der Waals surface area contributed by atoms with Crippen LogP contribution in [0.1, 0.15) is 34.9 Å². The molecule has 2 aromatic rings. The van der Waals surface area contributed by atoms with Crippen molar-refractivity contribution in [1.29, 1.82) is 0 Å². The standard InChI is InChI=1S/C16H19BrN4O.ClH/c17-13-4-1-3-12(9-13)10-19-16(22)15-6-8-21(20-15)14-5-2-7-18-11-14;/h1,3-4,6,8-9,14,18H,2,5,7,10-11H2,(H,19,22);1H. The van der Waals surface area contributed by atoms with Crippen LogP contribution in [0.4, 0.5) is 0 Å². The van der Waals surface area contributed by atoms with Crippen LogP contribution in [0.2, 0.25) is 0 Å². The highest BCUT2D eigenvalue weighted by atomic mass is 79.9. The molecule has 1 amide bonds. The van der Waals surface area contributed by atoms with Gasteiger partial charge in [-0.25, -0.2) is 0 Å². The average Bonchev–Trinajstić information content (AvgIpc) is 3.04. The molecule has 0 radical (unpaired) electrons.